The lowest BCUT2D eigenvalue weighted by Gasteiger charge is -2.32. The number of rotatable bonds is 7. The Kier molecular flexibility index (Phi) is 5.81. The van der Waals surface area contributed by atoms with Crippen molar-refractivity contribution in [2.75, 3.05) is 18.0 Å². The molecule has 0 amide bonds. The molecule has 0 unspecified atom stereocenters. The van der Waals surface area contributed by atoms with Crippen LogP contribution in [0.25, 0.3) is 10.9 Å². The van der Waals surface area contributed by atoms with Crippen molar-refractivity contribution in [2.45, 2.75) is 41.0 Å². The first-order chi connectivity index (χ1) is 11.3. The van der Waals surface area contributed by atoms with Crippen LogP contribution in [-0.2, 0) is 11.2 Å². The van der Waals surface area contributed by atoms with Crippen LogP contribution in [-0.4, -0.2) is 29.1 Å². The van der Waals surface area contributed by atoms with Gasteiger partial charge >= 0.3 is 5.97 Å². The van der Waals surface area contributed by atoms with Crippen molar-refractivity contribution in [2.24, 2.45) is 11.8 Å². The molecule has 0 atom stereocenters. The number of carbonyl (C=O) groups is 1. The van der Waals surface area contributed by atoms with E-state index < -0.39 is 5.97 Å². The number of fused-ring (bicyclic) bond motifs is 1. The lowest BCUT2D eigenvalue weighted by Crippen LogP contribution is -2.33. The van der Waals surface area contributed by atoms with Crippen LogP contribution in [0.2, 0.25) is 0 Å². The first kappa shape index (κ1) is 18.2. The van der Waals surface area contributed by atoms with E-state index in [0.717, 1.165) is 40.9 Å². The molecular weight excluding hydrogens is 300 g/mol. The topological polar surface area (TPSA) is 53.4 Å². The average molecular weight is 328 g/mol. The quantitative estimate of drug-likeness (QED) is 0.824. The number of aromatic nitrogens is 1. The summed E-state index contributed by atoms with van der Waals surface area (Å²) < 4.78 is 0. The van der Waals surface area contributed by atoms with E-state index in [1.165, 1.54) is 0 Å². The highest BCUT2D eigenvalue weighted by Gasteiger charge is 2.21. The third-order valence-corrected chi connectivity index (χ3v) is 3.99. The van der Waals surface area contributed by atoms with E-state index in [0.29, 0.717) is 11.8 Å². The van der Waals surface area contributed by atoms with E-state index in [4.69, 9.17) is 0 Å². The maximum atomic E-state index is 11.4. The molecule has 1 aromatic heterocycles. The molecule has 0 aliphatic rings. The van der Waals surface area contributed by atoms with Crippen LogP contribution in [0.5, 0.6) is 0 Å². The number of carboxylic acid groups (broad SMARTS) is 1. The van der Waals surface area contributed by atoms with Crippen LogP contribution < -0.4 is 4.90 Å². The van der Waals surface area contributed by atoms with Gasteiger partial charge in [0, 0.05) is 29.7 Å². The summed E-state index contributed by atoms with van der Waals surface area (Å²) in [5, 5.41) is 10.4. The van der Waals surface area contributed by atoms with Crippen LogP contribution in [0.3, 0.4) is 0 Å². The van der Waals surface area contributed by atoms with Crippen molar-refractivity contribution < 1.29 is 9.90 Å². The summed E-state index contributed by atoms with van der Waals surface area (Å²) >= 11 is 0. The Bertz CT molecular complexity index is 713. The van der Waals surface area contributed by atoms with Crippen LogP contribution in [0.1, 0.15) is 39.0 Å². The zero-order valence-corrected chi connectivity index (χ0v) is 15.3. The second kappa shape index (κ2) is 7.65. The maximum Gasteiger partial charge on any atom is 0.307 e. The molecule has 4 heteroatoms. The molecule has 4 nitrogen and oxygen atoms in total. The number of aliphatic carboxylic acids is 1. The van der Waals surface area contributed by atoms with Crippen molar-refractivity contribution >= 4 is 22.6 Å². The first-order valence-corrected chi connectivity index (χ1v) is 8.64. The van der Waals surface area contributed by atoms with Crippen molar-refractivity contribution in [3.8, 4) is 0 Å². The summed E-state index contributed by atoms with van der Waals surface area (Å²) in [4.78, 5) is 18.4. The Balaban J connectivity index is 2.71. The minimum atomic E-state index is -0.814. The van der Waals surface area contributed by atoms with Crippen LogP contribution in [0.15, 0.2) is 24.3 Å². The standard InChI is InChI=1S/C20H28N2O2/c1-13(2)11-22(12-14(3)4)20-16-8-6-7-9-18(16)21-15(5)17(20)10-19(23)24/h6-9,13-14H,10-12H2,1-5H3,(H,23,24). The Morgan fingerprint density at radius 2 is 1.71 bits per heavy atom. The van der Waals surface area contributed by atoms with E-state index in [1.807, 2.05) is 25.1 Å². The van der Waals surface area contributed by atoms with E-state index in [2.05, 4.69) is 43.6 Å². The summed E-state index contributed by atoms with van der Waals surface area (Å²) in [6.45, 7) is 12.5. The first-order valence-electron chi connectivity index (χ1n) is 8.64. The molecule has 2 rings (SSSR count). The van der Waals surface area contributed by atoms with Gasteiger partial charge in [-0.25, -0.2) is 0 Å². The summed E-state index contributed by atoms with van der Waals surface area (Å²) in [6.07, 6.45) is 0.00565. The third kappa shape index (κ3) is 4.25. The fraction of sp³-hybridized carbons (Fsp3) is 0.500. The van der Waals surface area contributed by atoms with Gasteiger partial charge in [-0.15, -0.1) is 0 Å². The van der Waals surface area contributed by atoms with Gasteiger partial charge in [0.1, 0.15) is 0 Å². The minimum Gasteiger partial charge on any atom is -0.481 e. The van der Waals surface area contributed by atoms with Gasteiger partial charge in [0.15, 0.2) is 0 Å². The zero-order valence-electron chi connectivity index (χ0n) is 15.3. The molecule has 0 saturated carbocycles. The van der Waals surface area contributed by atoms with E-state index in [1.54, 1.807) is 0 Å². The maximum absolute atomic E-state index is 11.4. The molecule has 1 heterocycles. The average Bonchev–Trinajstić information content (AvgIpc) is 2.46. The Hall–Kier alpha value is -2.10. The molecule has 24 heavy (non-hydrogen) atoms. The molecule has 130 valence electrons. The van der Waals surface area contributed by atoms with E-state index in [-0.39, 0.29) is 6.42 Å². The summed E-state index contributed by atoms with van der Waals surface area (Å²) in [6, 6.07) is 8.02. The molecule has 1 N–H and O–H groups in total. The Labute approximate surface area is 144 Å². The molecule has 2 aromatic rings. The molecule has 0 aliphatic carbocycles. The van der Waals surface area contributed by atoms with E-state index in [9.17, 15) is 9.90 Å². The van der Waals surface area contributed by atoms with Gasteiger partial charge in [-0.3, -0.25) is 9.78 Å². The molecule has 0 spiro atoms. The van der Waals surface area contributed by atoms with Crippen LogP contribution in [0, 0.1) is 18.8 Å². The summed E-state index contributed by atoms with van der Waals surface area (Å²) in [7, 11) is 0. The van der Waals surface area contributed by atoms with Crippen molar-refractivity contribution in [1.29, 1.82) is 0 Å². The second-order valence-corrected chi connectivity index (χ2v) is 7.30. The number of carboxylic acids is 1. The van der Waals surface area contributed by atoms with Gasteiger partial charge in [-0.2, -0.15) is 0 Å². The number of hydrogen-bond donors (Lipinski definition) is 1. The van der Waals surface area contributed by atoms with E-state index >= 15 is 0 Å². The minimum absolute atomic E-state index is 0.00565. The Morgan fingerprint density at radius 3 is 2.25 bits per heavy atom. The summed E-state index contributed by atoms with van der Waals surface area (Å²) in [5.74, 6) is 0.174. The fourth-order valence-electron chi connectivity index (χ4n) is 3.22. The number of pyridine rings is 1. The van der Waals surface area contributed by atoms with Gasteiger partial charge in [0.2, 0.25) is 0 Å². The fourth-order valence-corrected chi connectivity index (χ4v) is 3.22. The number of nitrogens with zero attached hydrogens (tertiary/aromatic N) is 2. The van der Waals surface area contributed by atoms with Crippen molar-refractivity contribution in [3.63, 3.8) is 0 Å². The highest BCUT2D eigenvalue weighted by molar-refractivity contribution is 5.95. The number of hydrogen-bond acceptors (Lipinski definition) is 3. The normalized spacial score (nSPS) is 11.5. The second-order valence-electron chi connectivity index (χ2n) is 7.30. The van der Waals surface area contributed by atoms with Gasteiger partial charge < -0.3 is 10.0 Å². The number of para-hydroxylation sites is 1. The molecule has 0 bridgehead atoms. The molecule has 0 aliphatic heterocycles. The molecule has 0 fully saturated rings. The highest BCUT2D eigenvalue weighted by atomic mass is 16.4. The van der Waals surface area contributed by atoms with Gasteiger partial charge in [0.05, 0.1) is 17.6 Å². The Morgan fingerprint density at radius 1 is 1.12 bits per heavy atom. The van der Waals surface area contributed by atoms with Crippen LogP contribution >= 0.6 is 0 Å². The highest BCUT2D eigenvalue weighted by Crippen LogP contribution is 2.33. The predicted octanol–water partition coefficient (Wildman–Crippen LogP) is 4.29. The number of benzene rings is 1. The largest absolute Gasteiger partial charge is 0.481 e. The van der Waals surface area contributed by atoms with Gasteiger partial charge in [-0.1, -0.05) is 45.9 Å². The molecule has 1 aromatic carbocycles. The van der Waals surface area contributed by atoms with Gasteiger partial charge in [0.25, 0.3) is 0 Å². The predicted molar refractivity (Wildman–Crippen MR) is 99.7 cm³/mol. The molecular formula is C20H28N2O2. The number of aryl methyl sites for hydroxylation is 1. The van der Waals surface area contributed by atoms with Gasteiger partial charge in [-0.05, 0) is 24.8 Å². The van der Waals surface area contributed by atoms with Crippen molar-refractivity contribution in [3.05, 3.63) is 35.5 Å². The SMILES string of the molecule is Cc1nc2ccccc2c(N(CC(C)C)CC(C)C)c1CC(=O)O. The summed E-state index contributed by atoms with van der Waals surface area (Å²) in [5.41, 5.74) is 3.62. The van der Waals surface area contributed by atoms with Crippen LogP contribution in [0.4, 0.5) is 5.69 Å². The smallest absolute Gasteiger partial charge is 0.307 e. The lowest BCUT2D eigenvalue weighted by atomic mass is 10.00. The molecule has 0 radical (unpaired) electrons. The van der Waals surface area contributed by atoms with Crippen molar-refractivity contribution in [1.82, 2.24) is 4.98 Å². The third-order valence-electron chi connectivity index (χ3n) is 3.99. The molecule has 0 saturated heterocycles. The zero-order chi connectivity index (χ0) is 17.9. The number of anilines is 1. The monoisotopic (exact) mass is 328 g/mol. The lowest BCUT2D eigenvalue weighted by molar-refractivity contribution is -0.136.